The molecule has 1 unspecified atom stereocenters. The molecule has 3 aliphatic rings. The van der Waals surface area contributed by atoms with E-state index in [1.165, 1.54) is 12.1 Å². The van der Waals surface area contributed by atoms with Gasteiger partial charge in [-0.1, -0.05) is 53.5 Å². The zero-order valence-corrected chi connectivity index (χ0v) is 27.9. The van der Waals surface area contributed by atoms with Crippen LogP contribution in [-0.4, -0.2) is 66.1 Å². The smallest absolute Gasteiger partial charge is 0.491 e. The van der Waals surface area contributed by atoms with Crippen molar-refractivity contribution < 1.29 is 41.4 Å². The summed E-state index contributed by atoms with van der Waals surface area (Å²) in [6, 6.07) is 16.9. The minimum Gasteiger partial charge on any atom is -0.493 e. The maximum Gasteiger partial charge on any atom is 0.491 e. The second kappa shape index (κ2) is 14.7. The standard InChI is InChI=1S/C36H34Cl2F4N2O5/c37-25-15-24(16-26(38)17-25)32(23-5-2-1-3-6-23)43-13-10-21(11-14-43)20-48-31-19-29(39)28(18-27(31)22-8-9-22)33(45)44-12-4-7-30(44)34(46)49-35(47)36(40,41)42/h1-3,5-6,15-19,21-22,30,32H,4,7-14,20H2/t30-,32?/m0/s1. The molecule has 3 fully saturated rings. The fourth-order valence-corrected chi connectivity index (χ4v) is 7.31. The lowest BCUT2D eigenvalue weighted by Crippen LogP contribution is -2.43. The molecule has 260 valence electrons. The SMILES string of the molecule is O=C(OC(=O)C(F)(F)F)[C@@H]1CCCN1C(=O)c1cc(C2CC2)c(OCC2CCN(C(c3ccccc3)c3cc(Cl)cc(Cl)c3)CC2)cc1F. The van der Waals surface area contributed by atoms with Crippen molar-refractivity contribution in [3.8, 4) is 5.75 Å². The third-order valence-electron chi connectivity index (χ3n) is 9.36. The van der Waals surface area contributed by atoms with Crippen molar-refractivity contribution in [2.75, 3.05) is 26.2 Å². The first-order valence-electron chi connectivity index (χ1n) is 16.2. The van der Waals surface area contributed by atoms with Crippen molar-refractivity contribution >= 4 is 41.0 Å². The van der Waals surface area contributed by atoms with Gasteiger partial charge in [-0.25, -0.2) is 14.0 Å². The molecule has 7 nitrogen and oxygen atoms in total. The molecule has 0 radical (unpaired) electrons. The first kappa shape index (κ1) is 35.2. The number of likely N-dealkylation sites (tertiary alicyclic amines) is 2. The Kier molecular flexibility index (Phi) is 10.5. The fraction of sp³-hybridized carbons (Fsp3) is 0.417. The van der Waals surface area contributed by atoms with Gasteiger partial charge in [0.05, 0.1) is 18.2 Å². The lowest BCUT2D eigenvalue weighted by molar-refractivity contribution is -0.203. The monoisotopic (exact) mass is 720 g/mol. The molecule has 3 aromatic rings. The number of hydrogen-bond donors (Lipinski definition) is 0. The maximum absolute atomic E-state index is 15.5. The van der Waals surface area contributed by atoms with E-state index >= 15 is 4.39 Å². The number of hydrogen-bond acceptors (Lipinski definition) is 6. The first-order chi connectivity index (χ1) is 23.4. The number of carbonyl (C=O) groups excluding carboxylic acids is 3. The summed E-state index contributed by atoms with van der Waals surface area (Å²) in [5, 5.41) is 1.14. The second-order valence-corrected chi connectivity index (χ2v) is 13.7. The van der Waals surface area contributed by atoms with Crippen LogP contribution in [0.15, 0.2) is 60.7 Å². The molecule has 13 heteroatoms. The van der Waals surface area contributed by atoms with Gasteiger partial charge in [-0.3, -0.25) is 9.69 Å². The molecule has 2 aliphatic heterocycles. The normalized spacial score (nSPS) is 19.5. The summed E-state index contributed by atoms with van der Waals surface area (Å²) in [4.78, 5) is 40.4. The van der Waals surface area contributed by atoms with E-state index in [9.17, 15) is 27.6 Å². The Bertz CT molecular complexity index is 1690. The number of carbonyl (C=O) groups is 3. The van der Waals surface area contributed by atoms with E-state index in [4.69, 9.17) is 27.9 Å². The quantitative estimate of drug-likeness (QED) is 0.126. The van der Waals surface area contributed by atoms with E-state index in [0.717, 1.165) is 54.8 Å². The molecule has 1 aliphatic carbocycles. The van der Waals surface area contributed by atoms with E-state index in [0.29, 0.717) is 28.0 Å². The van der Waals surface area contributed by atoms with Crippen LogP contribution >= 0.6 is 23.2 Å². The highest BCUT2D eigenvalue weighted by Gasteiger charge is 2.45. The number of piperidine rings is 1. The fourth-order valence-electron chi connectivity index (χ4n) is 6.77. The Morgan fingerprint density at radius 3 is 2.16 bits per heavy atom. The lowest BCUT2D eigenvalue weighted by atomic mass is 9.91. The average molecular weight is 722 g/mol. The van der Waals surface area contributed by atoms with E-state index in [2.05, 4.69) is 21.8 Å². The molecule has 2 heterocycles. The molecule has 0 bridgehead atoms. The van der Waals surface area contributed by atoms with Gasteiger partial charge in [0.15, 0.2) is 0 Å². The van der Waals surface area contributed by atoms with Crippen molar-refractivity contribution in [3.05, 3.63) is 98.8 Å². The van der Waals surface area contributed by atoms with Crippen LogP contribution < -0.4 is 4.74 Å². The van der Waals surface area contributed by atoms with Crippen LogP contribution in [-0.2, 0) is 14.3 Å². The Morgan fingerprint density at radius 2 is 1.53 bits per heavy atom. The number of alkyl halides is 3. The Morgan fingerprint density at radius 1 is 0.857 bits per heavy atom. The van der Waals surface area contributed by atoms with E-state index in [1.807, 2.05) is 30.3 Å². The molecule has 0 aromatic heterocycles. The number of esters is 2. The number of rotatable bonds is 9. The lowest BCUT2D eigenvalue weighted by Gasteiger charge is -2.38. The molecule has 1 saturated carbocycles. The first-order valence-corrected chi connectivity index (χ1v) is 17.0. The van der Waals surface area contributed by atoms with Crippen LogP contribution in [0, 0.1) is 11.7 Å². The number of ether oxygens (including phenoxy) is 2. The van der Waals surface area contributed by atoms with Crippen LogP contribution in [0.1, 0.15) is 77.5 Å². The minimum absolute atomic E-state index is 0.00341. The highest BCUT2D eigenvalue weighted by Crippen LogP contribution is 2.46. The second-order valence-electron chi connectivity index (χ2n) is 12.8. The van der Waals surface area contributed by atoms with Gasteiger partial charge in [-0.2, -0.15) is 13.2 Å². The van der Waals surface area contributed by atoms with Gasteiger partial charge in [-0.15, -0.1) is 0 Å². The van der Waals surface area contributed by atoms with E-state index in [1.54, 1.807) is 6.07 Å². The van der Waals surface area contributed by atoms with E-state index in [-0.39, 0.29) is 42.8 Å². The molecule has 6 rings (SSSR count). The Labute approximate surface area is 291 Å². The topological polar surface area (TPSA) is 76.2 Å². The predicted octanol–water partition coefficient (Wildman–Crippen LogP) is 8.13. The van der Waals surface area contributed by atoms with E-state index < -0.39 is 35.9 Å². The number of benzene rings is 3. The van der Waals surface area contributed by atoms with Gasteiger partial charge < -0.3 is 14.4 Å². The van der Waals surface area contributed by atoms with Crippen molar-refractivity contribution in [1.29, 1.82) is 0 Å². The summed E-state index contributed by atoms with van der Waals surface area (Å²) in [6.45, 7) is 1.92. The van der Waals surface area contributed by atoms with Crippen LogP contribution in [0.25, 0.3) is 0 Å². The molecular formula is C36H34Cl2F4N2O5. The maximum atomic E-state index is 15.5. The van der Waals surface area contributed by atoms with Gasteiger partial charge in [0.2, 0.25) is 0 Å². The summed E-state index contributed by atoms with van der Waals surface area (Å²) in [7, 11) is 0. The zero-order valence-electron chi connectivity index (χ0n) is 26.4. The van der Waals surface area contributed by atoms with Gasteiger partial charge in [0.1, 0.15) is 17.6 Å². The van der Waals surface area contributed by atoms with Crippen LogP contribution in [0.2, 0.25) is 10.0 Å². The zero-order chi connectivity index (χ0) is 34.9. The summed E-state index contributed by atoms with van der Waals surface area (Å²) in [5.41, 5.74) is 2.50. The Balaban J connectivity index is 1.12. The third kappa shape index (κ3) is 8.22. The van der Waals surface area contributed by atoms with Crippen LogP contribution in [0.4, 0.5) is 17.6 Å². The highest BCUT2D eigenvalue weighted by molar-refractivity contribution is 6.34. The summed E-state index contributed by atoms with van der Waals surface area (Å²) in [5.74, 6) is -5.25. The molecule has 3 aromatic carbocycles. The molecular weight excluding hydrogens is 687 g/mol. The summed E-state index contributed by atoms with van der Waals surface area (Å²) >= 11 is 12.7. The van der Waals surface area contributed by atoms with Crippen molar-refractivity contribution in [3.63, 3.8) is 0 Å². The predicted molar refractivity (Wildman–Crippen MR) is 174 cm³/mol. The third-order valence-corrected chi connectivity index (χ3v) is 9.80. The molecule has 2 saturated heterocycles. The van der Waals surface area contributed by atoms with Crippen molar-refractivity contribution in [2.24, 2.45) is 5.92 Å². The number of halogens is 6. The molecule has 2 atom stereocenters. The average Bonchev–Trinajstić information content (AvgIpc) is 3.78. The van der Waals surface area contributed by atoms with Gasteiger partial charge >= 0.3 is 18.1 Å². The summed E-state index contributed by atoms with van der Waals surface area (Å²) in [6.07, 6.45) is -1.76. The largest absolute Gasteiger partial charge is 0.493 e. The van der Waals surface area contributed by atoms with Crippen molar-refractivity contribution in [1.82, 2.24) is 9.80 Å². The van der Waals surface area contributed by atoms with Gasteiger partial charge in [0.25, 0.3) is 5.91 Å². The summed E-state index contributed by atoms with van der Waals surface area (Å²) < 4.78 is 63.6. The van der Waals surface area contributed by atoms with Crippen molar-refractivity contribution in [2.45, 2.75) is 62.7 Å². The van der Waals surface area contributed by atoms with Crippen LogP contribution in [0.3, 0.4) is 0 Å². The molecule has 49 heavy (non-hydrogen) atoms. The van der Waals surface area contributed by atoms with Gasteiger partial charge in [-0.05, 0) is 104 Å². The molecule has 0 spiro atoms. The number of amides is 1. The Hall–Kier alpha value is -3.67. The molecule has 0 N–H and O–H groups in total. The number of nitrogens with zero attached hydrogens (tertiary/aromatic N) is 2. The highest BCUT2D eigenvalue weighted by atomic mass is 35.5. The van der Waals surface area contributed by atoms with Gasteiger partial charge in [0, 0.05) is 22.7 Å². The van der Waals surface area contributed by atoms with Crippen LogP contribution in [0.5, 0.6) is 5.75 Å². The minimum atomic E-state index is -5.36. The molecule has 1 amide bonds.